The lowest BCUT2D eigenvalue weighted by atomic mass is 9.93. The molecule has 0 radical (unpaired) electrons. The van der Waals surface area contributed by atoms with E-state index in [-0.39, 0.29) is 54.5 Å². The number of ketones is 2. The molecule has 0 bridgehead atoms. The monoisotopic (exact) mass is 399 g/mol. The minimum Gasteiger partial charge on any atom is -0.331 e. The van der Waals surface area contributed by atoms with E-state index in [4.69, 9.17) is 0 Å². The molecule has 154 valence electrons. The van der Waals surface area contributed by atoms with Gasteiger partial charge >= 0.3 is 6.03 Å². The Kier molecular flexibility index (Phi) is 5.81. The number of rotatable bonds is 3. The van der Waals surface area contributed by atoms with Crippen LogP contribution in [0, 0.1) is 0 Å². The summed E-state index contributed by atoms with van der Waals surface area (Å²) in [5.74, 6) is -1.19. The summed E-state index contributed by atoms with van der Waals surface area (Å²) in [6.45, 7) is 0.157. The van der Waals surface area contributed by atoms with Crippen molar-refractivity contribution in [1.29, 1.82) is 0 Å². The number of hydrogen-bond acceptors (Lipinski definition) is 5. The second-order valence-corrected chi connectivity index (χ2v) is 7.77. The number of imide groups is 1. The predicted octanol–water partition coefficient (Wildman–Crippen LogP) is 1.87. The first kappa shape index (κ1) is 20.7. The molecule has 3 rings (SSSR count). The van der Waals surface area contributed by atoms with Gasteiger partial charge in [0.15, 0.2) is 5.78 Å². The summed E-state index contributed by atoms with van der Waals surface area (Å²) >= 11 is 0. The maximum Gasteiger partial charge on any atom is 0.319 e. The van der Waals surface area contributed by atoms with Gasteiger partial charge < -0.3 is 9.80 Å². The van der Waals surface area contributed by atoms with E-state index < -0.39 is 17.9 Å². The van der Waals surface area contributed by atoms with Crippen molar-refractivity contribution in [3.05, 3.63) is 34.9 Å². The third-order valence-electron chi connectivity index (χ3n) is 5.41. The quantitative estimate of drug-likeness (QED) is 0.723. The molecular weight excluding hydrogens is 374 g/mol. The van der Waals surface area contributed by atoms with Crippen LogP contribution in [0.3, 0.4) is 0 Å². The van der Waals surface area contributed by atoms with Crippen LogP contribution in [0.2, 0.25) is 0 Å². The minimum absolute atomic E-state index is 0.0450. The van der Waals surface area contributed by atoms with Gasteiger partial charge in [0.05, 0.1) is 17.2 Å². The summed E-state index contributed by atoms with van der Waals surface area (Å²) in [6, 6.07) is 3.79. The Morgan fingerprint density at radius 1 is 1.03 bits per heavy atom. The van der Waals surface area contributed by atoms with Crippen molar-refractivity contribution >= 4 is 29.4 Å². The molecule has 1 aliphatic carbocycles. The number of carbonyl (C=O) groups excluding carboxylic acids is 5. The van der Waals surface area contributed by atoms with E-state index in [2.05, 4.69) is 0 Å². The van der Waals surface area contributed by atoms with E-state index in [0.29, 0.717) is 18.4 Å². The number of hydrogen-bond donors (Lipinski definition) is 0. The zero-order valence-electron chi connectivity index (χ0n) is 16.9. The Bertz CT molecular complexity index is 892. The number of urea groups is 1. The Morgan fingerprint density at radius 3 is 2.45 bits per heavy atom. The van der Waals surface area contributed by atoms with Gasteiger partial charge in [-0.2, -0.15) is 0 Å². The third kappa shape index (κ3) is 3.92. The topological polar surface area (TPSA) is 95.1 Å². The van der Waals surface area contributed by atoms with Gasteiger partial charge in [-0.1, -0.05) is 12.1 Å². The third-order valence-corrected chi connectivity index (χ3v) is 5.41. The van der Waals surface area contributed by atoms with Gasteiger partial charge in [0.25, 0.3) is 11.8 Å². The fourth-order valence-corrected chi connectivity index (χ4v) is 3.94. The van der Waals surface area contributed by atoms with Crippen molar-refractivity contribution in [3.63, 3.8) is 0 Å². The molecule has 0 aromatic heterocycles. The fourth-order valence-electron chi connectivity index (χ4n) is 3.94. The molecule has 0 N–H and O–H groups in total. The molecule has 29 heavy (non-hydrogen) atoms. The number of carbonyl (C=O) groups is 5. The van der Waals surface area contributed by atoms with Crippen LogP contribution in [0.5, 0.6) is 0 Å². The molecule has 1 saturated carbocycles. The molecule has 8 heteroatoms. The molecule has 1 heterocycles. The van der Waals surface area contributed by atoms with Gasteiger partial charge in [-0.15, -0.1) is 0 Å². The maximum atomic E-state index is 13.2. The van der Waals surface area contributed by atoms with Gasteiger partial charge in [0.1, 0.15) is 5.78 Å². The van der Waals surface area contributed by atoms with Crippen LogP contribution in [0.1, 0.15) is 58.4 Å². The first-order chi connectivity index (χ1) is 13.7. The summed E-state index contributed by atoms with van der Waals surface area (Å²) in [5.41, 5.74) is 1.02. The fraction of sp³-hybridized carbons (Fsp3) is 0.476. The lowest BCUT2D eigenvalue weighted by Crippen LogP contribution is -2.45. The summed E-state index contributed by atoms with van der Waals surface area (Å²) < 4.78 is 0. The largest absolute Gasteiger partial charge is 0.331 e. The number of nitrogens with zero attached hydrogens (tertiary/aromatic N) is 3. The minimum atomic E-state index is -0.916. The zero-order chi connectivity index (χ0) is 21.3. The van der Waals surface area contributed by atoms with Gasteiger partial charge in [0.2, 0.25) is 0 Å². The number of Topliss-reactive ketones (excluding diaryl/α,β-unsaturated/α-hetero) is 2. The molecule has 0 spiro atoms. The predicted molar refractivity (Wildman–Crippen MR) is 104 cm³/mol. The van der Waals surface area contributed by atoms with Crippen LogP contribution in [-0.2, 0) is 16.1 Å². The van der Waals surface area contributed by atoms with Gasteiger partial charge in [0, 0.05) is 47.0 Å². The van der Waals surface area contributed by atoms with Crippen molar-refractivity contribution in [2.75, 3.05) is 21.1 Å². The summed E-state index contributed by atoms with van der Waals surface area (Å²) in [5, 5.41) is 0. The first-order valence-electron chi connectivity index (χ1n) is 9.69. The highest BCUT2D eigenvalue weighted by Gasteiger charge is 2.44. The summed E-state index contributed by atoms with van der Waals surface area (Å²) in [7, 11) is 4.88. The molecule has 8 nitrogen and oxygen atoms in total. The van der Waals surface area contributed by atoms with Crippen LogP contribution in [0.25, 0.3) is 0 Å². The molecule has 1 fully saturated rings. The SMILES string of the molecule is CN(C)C(=O)N(C)Cc1cccc2c1C(=O)N(C1CCC(=O)CCCC1=O)C2=O. The number of amides is 4. The number of fused-ring (bicyclic) bond motifs is 1. The van der Waals surface area contributed by atoms with Crippen molar-refractivity contribution in [3.8, 4) is 0 Å². The van der Waals surface area contributed by atoms with E-state index in [1.807, 2.05) is 0 Å². The Labute approximate surface area is 169 Å². The Hall–Kier alpha value is -3.03. The van der Waals surface area contributed by atoms with Crippen LogP contribution in [-0.4, -0.2) is 71.3 Å². The molecule has 1 aliphatic heterocycles. The smallest absolute Gasteiger partial charge is 0.319 e. The standard InChI is InChI=1S/C21H25N3O5/c1-22(2)21(29)23(3)12-13-6-4-8-15-18(13)20(28)24(19(15)27)16-11-10-14(25)7-5-9-17(16)26/h4,6,8,16H,5,7,9-12H2,1-3H3. The van der Waals surface area contributed by atoms with Crippen LogP contribution >= 0.6 is 0 Å². The van der Waals surface area contributed by atoms with E-state index in [9.17, 15) is 24.0 Å². The van der Waals surface area contributed by atoms with E-state index in [1.165, 1.54) is 9.80 Å². The average molecular weight is 399 g/mol. The molecule has 1 unspecified atom stereocenters. The molecular formula is C21H25N3O5. The highest BCUT2D eigenvalue weighted by molar-refractivity contribution is 6.23. The second-order valence-electron chi connectivity index (χ2n) is 7.77. The maximum absolute atomic E-state index is 13.2. The van der Waals surface area contributed by atoms with Crippen LogP contribution in [0.15, 0.2) is 18.2 Å². The van der Waals surface area contributed by atoms with E-state index in [0.717, 1.165) is 4.90 Å². The summed E-state index contributed by atoms with van der Waals surface area (Å²) in [6.07, 6.45) is 1.32. The number of benzene rings is 1. The summed E-state index contributed by atoms with van der Waals surface area (Å²) in [4.78, 5) is 66.7. The van der Waals surface area contributed by atoms with Crippen molar-refractivity contribution in [2.24, 2.45) is 0 Å². The van der Waals surface area contributed by atoms with Crippen molar-refractivity contribution in [1.82, 2.24) is 14.7 Å². The van der Waals surface area contributed by atoms with E-state index in [1.54, 1.807) is 39.3 Å². The van der Waals surface area contributed by atoms with Crippen molar-refractivity contribution in [2.45, 2.75) is 44.7 Å². The molecule has 1 aromatic rings. The second kappa shape index (κ2) is 8.14. The van der Waals surface area contributed by atoms with Crippen molar-refractivity contribution < 1.29 is 24.0 Å². The molecule has 1 atom stereocenters. The first-order valence-corrected chi connectivity index (χ1v) is 9.69. The lowest BCUT2D eigenvalue weighted by Gasteiger charge is -2.26. The van der Waals surface area contributed by atoms with Gasteiger partial charge in [-0.05, 0) is 24.5 Å². The van der Waals surface area contributed by atoms with Crippen LogP contribution in [0.4, 0.5) is 4.79 Å². The Balaban J connectivity index is 1.91. The highest BCUT2D eigenvalue weighted by Crippen LogP contribution is 2.31. The highest BCUT2D eigenvalue weighted by atomic mass is 16.2. The molecule has 2 aliphatic rings. The van der Waals surface area contributed by atoms with Gasteiger partial charge in [-0.25, -0.2) is 4.79 Å². The van der Waals surface area contributed by atoms with Crippen LogP contribution < -0.4 is 0 Å². The van der Waals surface area contributed by atoms with E-state index >= 15 is 0 Å². The lowest BCUT2D eigenvalue weighted by molar-refractivity contribution is -0.125. The molecule has 1 aromatic carbocycles. The zero-order valence-corrected chi connectivity index (χ0v) is 16.9. The molecule has 4 amide bonds. The normalized spacial score (nSPS) is 19.7. The molecule has 0 saturated heterocycles. The average Bonchev–Trinajstić information content (AvgIpc) is 2.92. The van der Waals surface area contributed by atoms with Gasteiger partial charge in [-0.3, -0.25) is 24.1 Å². The Morgan fingerprint density at radius 2 is 1.76 bits per heavy atom.